The molecule has 0 bridgehead atoms. The molecule has 0 aliphatic carbocycles. The Bertz CT molecular complexity index is 355. The van der Waals surface area contributed by atoms with E-state index in [1.165, 1.54) is 24.3 Å². The maximum atomic E-state index is 11.1. The summed E-state index contributed by atoms with van der Waals surface area (Å²) < 4.78 is 0. The number of hydrogen-bond donors (Lipinski definition) is 1. The first-order valence-corrected chi connectivity index (χ1v) is 6.86. The van der Waals surface area contributed by atoms with Gasteiger partial charge < -0.3 is 5.32 Å². The molecule has 2 rings (SSSR count). The van der Waals surface area contributed by atoms with E-state index in [0.29, 0.717) is 6.04 Å². The van der Waals surface area contributed by atoms with E-state index < -0.39 is 0 Å². The van der Waals surface area contributed by atoms with Gasteiger partial charge >= 0.3 is 0 Å². The molecule has 0 aromatic heterocycles. The zero-order valence-corrected chi connectivity index (χ0v) is 10.3. The topological polar surface area (TPSA) is 29.1 Å². The quantitative estimate of drug-likeness (QED) is 0.816. The Hall–Kier alpha value is -0.960. The maximum absolute atomic E-state index is 11.1. The van der Waals surface area contributed by atoms with Crippen molar-refractivity contribution in [3.8, 4) is 0 Å². The third-order valence-electron chi connectivity index (χ3n) is 2.82. The number of rotatable bonds is 3. The molecule has 1 fully saturated rings. The average Bonchev–Trinajstić information content (AvgIpc) is 2.31. The summed E-state index contributed by atoms with van der Waals surface area (Å²) in [5.41, 5.74) is 1.90. The molecule has 0 radical (unpaired) electrons. The lowest BCUT2D eigenvalue weighted by molar-refractivity contribution is 0.101. The summed E-state index contributed by atoms with van der Waals surface area (Å²) in [4.78, 5) is 11.1. The van der Waals surface area contributed by atoms with Crippen molar-refractivity contribution in [2.24, 2.45) is 0 Å². The zero-order chi connectivity index (χ0) is 11.4. The second kappa shape index (κ2) is 5.39. The number of carbonyl (C=O) groups excluding carboxylic acids is 1. The van der Waals surface area contributed by atoms with Crippen molar-refractivity contribution >= 4 is 23.2 Å². The first-order valence-electron chi connectivity index (χ1n) is 5.71. The Labute approximate surface area is 101 Å². The van der Waals surface area contributed by atoms with Gasteiger partial charge in [-0.25, -0.2) is 0 Å². The highest BCUT2D eigenvalue weighted by molar-refractivity contribution is 7.99. The standard InChI is InChI=1S/C13H17NOS/c1-10(15)11-4-6-12(7-5-11)14-13-3-2-8-16-9-13/h4-7,13-14H,2-3,8-9H2,1H3. The van der Waals surface area contributed by atoms with E-state index in [-0.39, 0.29) is 5.78 Å². The van der Waals surface area contributed by atoms with Gasteiger partial charge in [-0.1, -0.05) is 0 Å². The van der Waals surface area contributed by atoms with Crippen molar-refractivity contribution in [2.45, 2.75) is 25.8 Å². The van der Waals surface area contributed by atoms with Crippen LogP contribution in [-0.2, 0) is 0 Å². The number of anilines is 1. The van der Waals surface area contributed by atoms with Crippen LogP contribution < -0.4 is 5.32 Å². The van der Waals surface area contributed by atoms with Gasteiger partial charge in [-0.15, -0.1) is 0 Å². The second-order valence-electron chi connectivity index (χ2n) is 4.19. The van der Waals surface area contributed by atoms with Crippen molar-refractivity contribution in [3.05, 3.63) is 29.8 Å². The van der Waals surface area contributed by atoms with Crippen LogP contribution in [0.2, 0.25) is 0 Å². The molecule has 1 unspecified atom stereocenters. The number of benzene rings is 1. The van der Waals surface area contributed by atoms with Crippen LogP contribution in [0.5, 0.6) is 0 Å². The largest absolute Gasteiger partial charge is 0.381 e. The van der Waals surface area contributed by atoms with Crippen molar-refractivity contribution in [1.29, 1.82) is 0 Å². The summed E-state index contributed by atoms with van der Waals surface area (Å²) in [5, 5.41) is 3.51. The highest BCUT2D eigenvalue weighted by Crippen LogP contribution is 2.21. The molecule has 1 heterocycles. The molecule has 1 atom stereocenters. The van der Waals surface area contributed by atoms with Crippen molar-refractivity contribution in [2.75, 3.05) is 16.8 Å². The monoisotopic (exact) mass is 235 g/mol. The average molecular weight is 235 g/mol. The van der Waals surface area contributed by atoms with Gasteiger partial charge in [0, 0.05) is 23.0 Å². The first-order chi connectivity index (χ1) is 7.75. The van der Waals surface area contributed by atoms with Crippen LogP contribution in [-0.4, -0.2) is 23.3 Å². The Kier molecular flexibility index (Phi) is 3.88. The lowest BCUT2D eigenvalue weighted by atomic mass is 10.1. The Morgan fingerprint density at radius 1 is 1.38 bits per heavy atom. The van der Waals surface area contributed by atoms with Gasteiger partial charge in [0.1, 0.15) is 0 Å². The predicted molar refractivity (Wildman–Crippen MR) is 70.4 cm³/mol. The van der Waals surface area contributed by atoms with Crippen LogP contribution in [0.4, 0.5) is 5.69 Å². The third-order valence-corrected chi connectivity index (χ3v) is 4.04. The van der Waals surface area contributed by atoms with Crippen molar-refractivity contribution in [1.82, 2.24) is 0 Å². The highest BCUT2D eigenvalue weighted by atomic mass is 32.2. The summed E-state index contributed by atoms with van der Waals surface area (Å²) in [6.45, 7) is 1.60. The van der Waals surface area contributed by atoms with Gasteiger partial charge in [0.25, 0.3) is 0 Å². The number of Topliss-reactive ketones (excluding diaryl/α,β-unsaturated/α-hetero) is 1. The van der Waals surface area contributed by atoms with Crippen molar-refractivity contribution < 1.29 is 4.79 Å². The van der Waals surface area contributed by atoms with Crippen LogP contribution in [0.15, 0.2) is 24.3 Å². The Morgan fingerprint density at radius 2 is 2.12 bits per heavy atom. The SMILES string of the molecule is CC(=O)c1ccc(NC2CCCSC2)cc1. The molecule has 1 aromatic carbocycles. The van der Waals surface area contributed by atoms with Crippen LogP contribution in [0.1, 0.15) is 30.1 Å². The van der Waals surface area contributed by atoms with Crippen molar-refractivity contribution in [3.63, 3.8) is 0 Å². The second-order valence-corrected chi connectivity index (χ2v) is 5.34. The summed E-state index contributed by atoms with van der Waals surface area (Å²) >= 11 is 2.01. The summed E-state index contributed by atoms with van der Waals surface area (Å²) in [7, 11) is 0. The van der Waals surface area contributed by atoms with E-state index in [1.54, 1.807) is 6.92 Å². The van der Waals surface area contributed by atoms with Crippen LogP contribution >= 0.6 is 11.8 Å². The molecule has 1 aromatic rings. The van der Waals surface area contributed by atoms with Gasteiger partial charge in [-0.05, 0) is 49.8 Å². The molecule has 2 nitrogen and oxygen atoms in total. The molecular weight excluding hydrogens is 218 g/mol. The first kappa shape index (κ1) is 11.5. The fraction of sp³-hybridized carbons (Fsp3) is 0.462. The summed E-state index contributed by atoms with van der Waals surface area (Å²) in [5.74, 6) is 2.61. The van der Waals surface area contributed by atoms with Crippen LogP contribution in [0, 0.1) is 0 Å². The van der Waals surface area contributed by atoms with E-state index in [1.807, 2.05) is 36.0 Å². The van der Waals surface area contributed by atoms with Gasteiger partial charge in [0.15, 0.2) is 5.78 Å². The minimum absolute atomic E-state index is 0.125. The van der Waals surface area contributed by atoms with E-state index in [0.717, 1.165) is 11.3 Å². The summed E-state index contributed by atoms with van der Waals surface area (Å²) in [6.07, 6.45) is 2.55. The van der Waals surface area contributed by atoms with Gasteiger partial charge in [0.2, 0.25) is 0 Å². The lowest BCUT2D eigenvalue weighted by Crippen LogP contribution is -2.25. The molecule has 16 heavy (non-hydrogen) atoms. The van der Waals surface area contributed by atoms with Gasteiger partial charge in [-0.3, -0.25) is 4.79 Å². The maximum Gasteiger partial charge on any atom is 0.159 e. The third kappa shape index (κ3) is 3.01. The lowest BCUT2D eigenvalue weighted by Gasteiger charge is -2.23. The molecule has 1 aliphatic rings. The van der Waals surface area contributed by atoms with E-state index in [2.05, 4.69) is 5.32 Å². The number of ketones is 1. The molecule has 0 saturated carbocycles. The smallest absolute Gasteiger partial charge is 0.159 e. The predicted octanol–water partition coefficient (Wildman–Crippen LogP) is 3.20. The van der Waals surface area contributed by atoms with E-state index in [9.17, 15) is 4.79 Å². The van der Waals surface area contributed by atoms with Gasteiger partial charge in [-0.2, -0.15) is 11.8 Å². The number of carbonyl (C=O) groups is 1. The Balaban J connectivity index is 1.96. The fourth-order valence-corrected chi connectivity index (χ4v) is 2.96. The molecular formula is C13H17NOS. The van der Waals surface area contributed by atoms with Gasteiger partial charge in [0.05, 0.1) is 0 Å². The van der Waals surface area contributed by atoms with Crippen LogP contribution in [0.25, 0.3) is 0 Å². The van der Waals surface area contributed by atoms with E-state index in [4.69, 9.17) is 0 Å². The minimum atomic E-state index is 0.125. The number of nitrogens with one attached hydrogen (secondary N) is 1. The Morgan fingerprint density at radius 3 is 2.69 bits per heavy atom. The minimum Gasteiger partial charge on any atom is -0.381 e. The molecule has 0 spiro atoms. The van der Waals surface area contributed by atoms with Crippen LogP contribution in [0.3, 0.4) is 0 Å². The number of hydrogen-bond acceptors (Lipinski definition) is 3. The molecule has 86 valence electrons. The summed E-state index contributed by atoms with van der Waals surface area (Å²) in [6, 6.07) is 8.36. The molecule has 3 heteroatoms. The fourth-order valence-electron chi connectivity index (χ4n) is 1.89. The molecule has 1 saturated heterocycles. The van der Waals surface area contributed by atoms with E-state index >= 15 is 0 Å². The molecule has 0 amide bonds. The normalized spacial score (nSPS) is 20.4. The molecule has 1 aliphatic heterocycles. The zero-order valence-electron chi connectivity index (χ0n) is 9.53. The number of thioether (sulfide) groups is 1. The molecule has 1 N–H and O–H groups in total. The highest BCUT2D eigenvalue weighted by Gasteiger charge is 2.13.